The maximum atomic E-state index is 9.35. The van der Waals surface area contributed by atoms with Gasteiger partial charge in [-0.3, -0.25) is 0 Å². The SMILES string of the molecule is NC[C@@H](N)c1cc(N)ccc1O. The topological polar surface area (TPSA) is 98.3 Å². The van der Waals surface area contributed by atoms with Gasteiger partial charge in [0.2, 0.25) is 0 Å². The summed E-state index contributed by atoms with van der Waals surface area (Å²) in [6, 6.07) is 4.41. The fourth-order valence-corrected chi connectivity index (χ4v) is 0.997. The van der Waals surface area contributed by atoms with Crippen molar-refractivity contribution < 1.29 is 5.11 Å². The summed E-state index contributed by atoms with van der Waals surface area (Å²) in [7, 11) is 0. The van der Waals surface area contributed by atoms with Crippen molar-refractivity contribution in [3.8, 4) is 5.75 Å². The summed E-state index contributed by atoms with van der Waals surface area (Å²) >= 11 is 0. The van der Waals surface area contributed by atoms with Crippen LogP contribution in [-0.2, 0) is 0 Å². The van der Waals surface area contributed by atoms with Gasteiger partial charge in [0.15, 0.2) is 0 Å². The van der Waals surface area contributed by atoms with E-state index in [1.807, 2.05) is 0 Å². The van der Waals surface area contributed by atoms with Crippen LogP contribution in [0.4, 0.5) is 5.69 Å². The number of phenolic OH excluding ortho intramolecular Hbond substituents is 1. The molecule has 1 rings (SSSR count). The number of rotatable bonds is 2. The van der Waals surface area contributed by atoms with Crippen molar-refractivity contribution in [1.29, 1.82) is 0 Å². The number of phenols is 1. The quantitative estimate of drug-likeness (QED) is 0.366. The molecule has 0 aliphatic rings. The fraction of sp³-hybridized carbons (Fsp3) is 0.250. The molecule has 1 aromatic rings. The molecular formula is C8H13N3O. The van der Waals surface area contributed by atoms with Crippen LogP contribution >= 0.6 is 0 Å². The standard InChI is InChI=1S/C8H13N3O/c9-4-7(11)6-3-5(10)1-2-8(6)12/h1-3,7,12H,4,9-11H2/t7-/m1/s1. The van der Waals surface area contributed by atoms with Gasteiger partial charge in [0.1, 0.15) is 5.75 Å². The molecule has 0 saturated carbocycles. The molecule has 0 fully saturated rings. The molecule has 0 heterocycles. The highest BCUT2D eigenvalue weighted by molar-refractivity contribution is 5.48. The molecule has 0 amide bonds. The van der Waals surface area contributed by atoms with Gasteiger partial charge in [0.25, 0.3) is 0 Å². The van der Waals surface area contributed by atoms with Crippen LogP contribution in [0.3, 0.4) is 0 Å². The van der Waals surface area contributed by atoms with Gasteiger partial charge in [-0.05, 0) is 18.2 Å². The van der Waals surface area contributed by atoms with Crippen LogP contribution in [0, 0.1) is 0 Å². The predicted molar refractivity (Wildman–Crippen MR) is 48.5 cm³/mol. The Hall–Kier alpha value is -1.26. The lowest BCUT2D eigenvalue weighted by atomic mass is 10.1. The summed E-state index contributed by atoms with van der Waals surface area (Å²) in [6.07, 6.45) is 0. The number of hydrogen-bond acceptors (Lipinski definition) is 4. The van der Waals surface area contributed by atoms with Gasteiger partial charge in [0, 0.05) is 23.8 Å². The average Bonchev–Trinajstić information content (AvgIpc) is 2.08. The third kappa shape index (κ3) is 1.66. The van der Waals surface area contributed by atoms with Crippen molar-refractivity contribution in [3.63, 3.8) is 0 Å². The molecule has 12 heavy (non-hydrogen) atoms. The number of nitrogen functional groups attached to an aromatic ring is 1. The number of hydrogen-bond donors (Lipinski definition) is 4. The Balaban J connectivity index is 3.04. The van der Waals surface area contributed by atoms with Gasteiger partial charge in [-0.25, -0.2) is 0 Å². The molecule has 0 spiro atoms. The van der Waals surface area contributed by atoms with E-state index in [-0.39, 0.29) is 18.3 Å². The highest BCUT2D eigenvalue weighted by atomic mass is 16.3. The predicted octanol–water partition coefficient (Wildman–Crippen LogP) is -0.0671. The third-order valence-electron chi connectivity index (χ3n) is 1.70. The molecule has 0 saturated heterocycles. The van der Waals surface area contributed by atoms with E-state index >= 15 is 0 Å². The fourth-order valence-electron chi connectivity index (χ4n) is 0.997. The normalized spacial score (nSPS) is 12.8. The zero-order valence-electron chi connectivity index (χ0n) is 6.70. The monoisotopic (exact) mass is 167 g/mol. The molecule has 4 nitrogen and oxygen atoms in total. The number of nitrogens with two attached hydrogens (primary N) is 3. The Labute approximate surface area is 71.0 Å². The van der Waals surface area contributed by atoms with E-state index in [0.717, 1.165) is 0 Å². The van der Waals surface area contributed by atoms with Gasteiger partial charge in [-0.1, -0.05) is 0 Å². The molecule has 0 unspecified atom stereocenters. The Bertz CT molecular complexity index is 275. The molecule has 7 N–H and O–H groups in total. The van der Waals surface area contributed by atoms with Crippen LogP contribution in [0.5, 0.6) is 5.75 Å². The van der Waals surface area contributed by atoms with E-state index < -0.39 is 0 Å². The minimum atomic E-state index is -0.353. The van der Waals surface area contributed by atoms with Crippen LogP contribution in [0.15, 0.2) is 18.2 Å². The minimum Gasteiger partial charge on any atom is -0.508 e. The first kappa shape index (κ1) is 8.83. The van der Waals surface area contributed by atoms with Gasteiger partial charge in [-0.2, -0.15) is 0 Å². The first-order chi connectivity index (χ1) is 5.65. The number of benzene rings is 1. The lowest BCUT2D eigenvalue weighted by molar-refractivity contribution is 0.462. The van der Waals surface area contributed by atoms with E-state index in [0.29, 0.717) is 11.3 Å². The summed E-state index contributed by atoms with van der Waals surface area (Å²) < 4.78 is 0. The highest BCUT2D eigenvalue weighted by Gasteiger charge is 2.08. The van der Waals surface area contributed by atoms with Crippen LogP contribution in [-0.4, -0.2) is 11.7 Å². The summed E-state index contributed by atoms with van der Waals surface area (Å²) in [4.78, 5) is 0. The van der Waals surface area contributed by atoms with Crippen LogP contribution in [0.2, 0.25) is 0 Å². The lowest BCUT2D eigenvalue weighted by Crippen LogP contribution is -2.20. The zero-order valence-corrected chi connectivity index (χ0v) is 6.70. The zero-order chi connectivity index (χ0) is 9.14. The van der Waals surface area contributed by atoms with Crippen LogP contribution in [0.25, 0.3) is 0 Å². The van der Waals surface area contributed by atoms with Gasteiger partial charge >= 0.3 is 0 Å². The summed E-state index contributed by atoms with van der Waals surface area (Å²) in [5, 5.41) is 9.35. The smallest absolute Gasteiger partial charge is 0.120 e. The first-order valence-electron chi connectivity index (χ1n) is 3.69. The third-order valence-corrected chi connectivity index (χ3v) is 1.70. The van der Waals surface area contributed by atoms with Crippen molar-refractivity contribution in [2.24, 2.45) is 11.5 Å². The van der Waals surface area contributed by atoms with E-state index in [9.17, 15) is 5.11 Å². The van der Waals surface area contributed by atoms with E-state index in [4.69, 9.17) is 17.2 Å². The summed E-state index contributed by atoms with van der Waals surface area (Å²) in [6.45, 7) is 0.289. The van der Waals surface area contributed by atoms with Gasteiger partial charge < -0.3 is 22.3 Å². The van der Waals surface area contributed by atoms with Crippen molar-refractivity contribution >= 4 is 5.69 Å². The first-order valence-corrected chi connectivity index (χ1v) is 3.69. The van der Waals surface area contributed by atoms with Crippen molar-refractivity contribution in [2.75, 3.05) is 12.3 Å². The number of anilines is 1. The van der Waals surface area contributed by atoms with E-state index in [1.165, 1.54) is 6.07 Å². The molecule has 1 atom stereocenters. The van der Waals surface area contributed by atoms with Gasteiger partial charge in [0.05, 0.1) is 0 Å². The molecule has 0 aliphatic carbocycles. The lowest BCUT2D eigenvalue weighted by Gasteiger charge is -2.11. The average molecular weight is 167 g/mol. The molecule has 0 radical (unpaired) electrons. The highest BCUT2D eigenvalue weighted by Crippen LogP contribution is 2.24. The Morgan fingerprint density at radius 3 is 2.67 bits per heavy atom. The van der Waals surface area contributed by atoms with Crippen LogP contribution in [0.1, 0.15) is 11.6 Å². The molecule has 4 heteroatoms. The molecule has 0 aliphatic heterocycles. The van der Waals surface area contributed by atoms with E-state index in [1.54, 1.807) is 12.1 Å². The maximum absolute atomic E-state index is 9.35. The van der Waals surface area contributed by atoms with Gasteiger partial charge in [-0.15, -0.1) is 0 Å². The van der Waals surface area contributed by atoms with Crippen molar-refractivity contribution in [2.45, 2.75) is 6.04 Å². The van der Waals surface area contributed by atoms with Crippen molar-refractivity contribution in [1.82, 2.24) is 0 Å². The summed E-state index contributed by atoms with van der Waals surface area (Å²) in [5.74, 6) is 0.141. The molecule has 0 aromatic heterocycles. The summed E-state index contributed by atoms with van der Waals surface area (Å²) in [5.41, 5.74) is 17.7. The maximum Gasteiger partial charge on any atom is 0.120 e. The molecule has 1 aromatic carbocycles. The molecular weight excluding hydrogens is 154 g/mol. The second-order valence-corrected chi connectivity index (χ2v) is 2.66. The molecule has 66 valence electrons. The van der Waals surface area contributed by atoms with E-state index in [2.05, 4.69) is 0 Å². The minimum absolute atomic E-state index is 0.141. The van der Waals surface area contributed by atoms with Crippen LogP contribution < -0.4 is 17.2 Å². The number of aromatic hydroxyl groups is 1. The Morgan fingerprint density at radius 1 is 1.42 bits per heavy atom. The second kappa shape index (κ2) is 3.42. The largest absolute Gasteiger partial charge is 0.508 e. The Kier molecular flexibility index (Phi) is 2.52. The molecule has 0 bridgehead atoms. The Morgan fingerprint density at radius 2 is 2.08 bits per heavy atom. The second-order valence-electron chi connectivity index (χ2n) is 2.66. The van der Waals surface area contributed by atoms with Crippen molar-refractivity contribution in [3.05, 3.63) is 23.8 Å².